The van der Waals surface area contributed by atoms with Crippen molar-refractivity contribution in [1.29, 1.82) is 0 Å². The molecule has 0 spiro atoms. The van der Waals surface area contributed by atoms with Gasteiger partial charge in [0, 0.05) is 22.8 Å². The van der Waals surface area contributed by atoms with Crippen molar-refractivity contribution in [3.05, 3.63) is 0 Å². The molecule has 132 valence electrons. The number of carbonyl (C=O) groups is 1. The molecule has 2 unspecified atom stereocenters. The quantitative estimate of drug-likeness (QED) is 0.566. The Morgan fingerprint density at radius 1 is 0.870 bits per heavy atom. The van der Waals surface area contributed by atoms with Crippen LogP contribution in [-0.2, 0) is 4.79 Å². The van der Waals surface area contributed by atoms with Gasteiger partial charge in [0.25, 0.3) is 0 Å². The zero-order chi connectivity index (χ0) is 16.6. The molecule has 23 heavy (non-hydrogen) atoms. The van der Waals surface area contributed by atoms with Crippen molar-refractivity contribution < 1.29 is 4.79 Å². The smallest absolute Gasteiger partial charge is 0.240 e. The second kappa shape index (κ2) is 7.97. The third kappa shape index (κ3) is 4.30. The number of alkyl halides is 3. The van der Waals surface area contributed by atoms with E-state index in [-0.39, 0.29) is 28.1 Å². The second-order valence-corrected chi connectivity index (χ2v) is 9.37. The first kappa shape index (κ1) is 18.5. The fourth-order valence-electron chi connectivity index (χ4n) is 4.42. The van der Waals surface area contributed by atoms with Gasteiger partial charge in [-0.05, 0) is 68.9 Å². The number of nitrogens with zero attached hydrogens (tertiary/aromatic N) is 1. The highest BCUT2D eigenvalue weighted by atomic mass is 35.5. The molecule has 1 aliphatic heterocycles. The maximum Gasteiger partial charge on any atom is 0.240 e. The monoisotopic (exact) mass is 400 g/mol. The first-order valence-electron chi connectivity index (χ1n) is 8.61. The SMILES string of the molecule is O=C(Cl)[C@@H]1CC(C2CCC(Cl)CC2)N(C2CC[C@H](Cl)C[C@@H]2Cl)N1. The summed E-state index contributed by atoms with van der Waals surface area (Å²) in [6.07, 6.45) is 7.82. The van der Waals surface area contributed by atoms with E-state index in [1.165, 1.54) is 0 Å². The van der Waals surface area contributed by atoms with Crippen molar-refractivity contribution in [2.24, 2.45) is 5.92 Å². The normalized spacial score (nSPS) is 46.0. The molecular weight excluding hydrogens is 378 g/mol. The van der Waals surface area contributed by atoms with Crippen LogP contribution in [0, 0.1) is 5.92 Å². The summed E-state index contributed by atoms with van der Waals surface area (Å²) in [6.45, 7) is 0. The van der Waals surface area contributed by atoms with Crippen LogP contribution in [0.3, 0.4) is 0 Å². The Morgan fingerprint density at radius 3 is 2.13 bits per heavy atom. The van der Waals surface area contributed by atoms with Gasteiger partial charge in [-0.3, -0.25) is 4.79 Å². The largest absolute Gasteiger partial charge is 0.279 e. The standard InChI is InChI=1S/C16H24Cl4N2O/c17-10-3-1-9(2-4-10)15-8-13(16(20)23)21-22(15)14-6-5-11(18)7-12(14)19/h9-15,21H,1-8H2/t9?,10?,11-,12-,13-,14?,15?/m0/s1. The summed E-state index contributed by atoms with van der Waals surface area (Å²) in [5, 5.41) is 2.42. The van der Waals surface area contributed by atoms with Gasteiger partial charge in [0.15, 0.2) is 0 Å². The average molecular weight is 402 g/mol. The van der Waals surface area contributed by atoms with E-state index in [0.29, 0.717) is 17.3 Å². The van der Waals surface area contributed by atoms with E-state index < -0.39 is 0 Å². The number of hydrazine groups is 1. The zero-order valence-corrected chi connectivity index (χ0v) is 16.1. The van der Waals surface area contributed by atoms with Gasteiger partial charge in [0.05, 0.1) is 11.4 Å². The summed E-state index contributed by atoms with van der Waals surface area (Å²) >= 11 is 24.9. The molecule has 3 nitrogen and oxygen atoms in total. The molecule has 0 aromatic rings. The highest BCUT2D eigenvalue weighted by Crippen LogP contribution is 2.39. The lowest BCUT2D eigenvalue weighted by molar-refractivity contribution is -0.113. The van der Waals surface area contributed by atoms with E-state index >= 15 is 0 Å². The summed E-state index contributed by atoms with van der Waals surface area (Å²) in [5.41, 5.74) is 3.36. The van der Waals surface area contributed by atoms with Crippen LogP contribution in [0.1, 0.15) is 51.4 Å². The van der Waals surface area contributed by atoms with E-state index in [4.69, 9.17) is 46.4 Å². The Kier molecular flexibility index (Phi) is 6.42. The third-order valence-corrected chi connectivity index (χ3v) is 7.26. The van der Waals surface area contributed by atoms with Crippen LogP contribution >= 0.6 is 46.4 Å². The van der Waals surface area contributed by atoms with Gasteiger partial charge in [-0.15, -0.1) is 34.8 Å². The number of carbonyl (C=O) groups excluding carboxylic acids is 1. The fourth-order valence-corrected chi connectivity index (χ4v) is 5.68. The van der Waals surface area contributed by atoms with Crippen LogP contribution in [0.2, 0.25) is 0 Å². The number of nitrogens with one attached hydrogen (secondary N) is 1. The van der Waals surface area contributed by atoms with Crippen LogP contribution in [-0.4, -0.2) is 44.5 Å². The molecule has 2 saturated carbocycles. The summed E-state index contributed by atoms with van der Waals surface area (Å²) in [5.74, 6) is 0.552. The Bertz CT molecular complexity index is 430. The van der Waals surface area contributed by atoms with Gasteiger partial charge in [0.2, 0.25) is 5.24 Å². The summed E-state index contributed by atoms with van der Waals surface area (Å²) in [7, 11) is 0. The highest BCUT2D eigenvalue weighted by molar-refractivity contribution is 6.64. The van der Waals surface area contributed by atoms with E-state index in [2.05, 4.69) is 10.4 Å². The number of hydrogen-bond donors (Lipinski definition) is 1. The third-order valence-electron chi connectivity index (χ3n) is 5.69. The first-order chi connectivity index (χ1) is 11.0. The Labute approximate surface area is 158 Å². The molecule has 0 aromatic heterocycles. The number of hydrogen-bond acceptors (Lipinski definition) is 3. The Morgan fingerprint density at radius 2 is 1.52 bits per heavy atom. The van der Waals surface area contributed by atoms with Gasteiger partial charge < -0.3 is 0 Å². The summed E-state index contributed by atoms with van der Waals surface area (Å²) in [4.78, 5) is 11.7. The van der Waals surface area contributed by atoms with Crippen LogP contribution < -0.4 is 5.43 Å². The minimum Gasteiger partial charge on any atom is -0.279 e. The van der Waals surface area contributed by atoms with Gasteiger partial charge in [0.1, 0.15) is 0 Å². The molecular formula is C16H24Cl4N2O. The van der Waals surface area contributed by atoms with Crippen molar-refractivity contribution in [2.45, 2.75) is 85.6 Å². The van der Waals surface area contributed by atoms with E-state index in [0.717, 1.165) is 51.4 Å². The molecule has 3 rings (SSSR count). The molecule has 0 aromatic carbocycles. The van der Waals surface area contributed by atoms with Crippen molar-refractivity contribution in [3.63, 3.8) is 0 Å². The lowest BCUT2D eigenvalue weighted by Crippen LogP contribution is -2.55. The Hall–Kier alpha value is 0.750. The predicted molar refractivity (Wildman–Crippen MR) is 96.5 cm³/mol. The van der Waals surface area contributed by atoms with Crippen molar-refractivity contribution in [2.75, 3.05) is 0 Å². The van der Waals surface area contributed by atoms with Gasteiger partial charge in [-0.1, -0.05) is 0 Å². The maximum atomic E-state index is 11.7. The lowest BCUT2D eigenvalue weighted by atomic mass is 9.81. The summed E-state index contributed by atoms with van der Waals surface area (Å²) in [6, 6.07) is 0.226. The zero-order valence-electron chi connectivity index (χ0n) is 13.1. The molecule has 0 amide bonds. The van der Waals surface area contributed by atoms with Gasteiger partial charge in [-0.25, -0.2) is 10.4 Å². The minimum absolute atomic E-state index is 0.00907. The average Bonchev–Trinajstić information content (AvgIpc) is 2.93. The molecule has 5 atom stereocenters. The summed E-state index contributed by atoms with van der Waals surface area (Å²) < 4.78 is 0. The number of halogens is 4. The van der Waals surface area contributed by atoms with E-state index in [1.54, 1.807) is 0 Å². The van der Waals surface area contributed by atoms with Crippen LogP contribution in [0.4, 0.5) is 0 Å². The predicted octanol–water partition coefficient (Wildman–Crippen LogP) is 4.26. The van der Waals surface area contributed by atoms with Crippen molar-refractivity contribution in [3.8, 4) is 0 Å². The lowest BCUT2D eigenvalue weighted by Gasteiger charge is -2.42. The van der Waals surface area contributed by atoms with Gasteiger partial charge >= 0.3 is 0 Å². The fraction of sp³-hybridized carbons (Fsp3) is 0.938. The van der Waals surface area contributed by atoms with E-state index in [9.17, 15) is 4.79 Å². The highest BCUT2D eigenvalue weighted by Gasteiger charge is 2.45. The first-order valence-corrected chi connectivity index (χ1v) is 10.3. The van der Waals surface area contributed by atoms with Crippen molar-refractivity contribution in [1.82, 2.24) is 10.4 Å². The minimum atomic E-state index is -0.305. The Balaban J connectivity index is 1.73. The molecule has 3 aliphatic rings. The van der Waals surface area contributed by atoms with Crippen molar-refractivity contribution >= 4 is 51.6 Å². The maximum absolute atomic E-state index is 11.7. The van der Waals surface area contributed by atoms with Crippen LogP contribution in [0.5, 0.6) is 0 Å². The second-order valence-electron chi connectivity index (χ2n) is 7.20. The number of rotatable bonds is 3. The molecule has 0 bridgehead atoms. The van der Waals surface area contributed by atoms with Crippen LogP contribution in [0.25, 0.3) is 0 Å². The molecule has 1 N–H and O–H groups in total. The molecule has 0 radical (unpaired) electrons. The molecule has 2 aliphatic carbocycles. The molecule has 3 fully saturated rings. The van der Waals surface area contributed by atoms with Crippen LogP contribution in [0.15, 0.2) is 0 Å². The van der Waals surface area contributed by atoms with Gasteiger partial charge in [-0.2, -0.15) is 0 Å². The molecule has 1 heterocycles. The van der Waals surface area contributed by atoms with E-state index in [1.807, 2.05) is 0 Å². The topological polar surface area (TPSA) is 32.3 Å². The molecule has 7 heteroatoms. The molecule has 1 saturated heterocycles.